The molecule has 8 heteroatoms. The molecule has 0 saturated heterocycles. The molecule has 25 heavy (non-hydrogen) atoms. The quantitative estimate of drug-likeness (QED) is 0.628. The van der Waals surface area contributed by atoms with Crippen LogP contribution in [0.5, 0.6) is 5.75 Å². The predicted molar refractivity (Wildman–Crippen MR) is 93.5 cm³/mol. The number of ether oxygens (including phenoxy) is 2. The van der Waals surface area contributed by atoms with E-state index < -0.39 is 5.97 Å². The van der Waals surface area contributed by atoms with E-state index in [1.807, 2.05) is 6.92 Å². The second kappa shape index (κ2) is 9.75. The summed E-state index contributed by atoms with van der Waals surface area (Å²) in [5, 5.41) is 13.8. The Morgan fingerprint density at radius 1 is 1.28 bits per heavy atom. The number of rotatable bonds is 10. The average Bonchev–Trinajstić information content (AvgIpc) is 3.08. The van der Waals surface area contributed by atoms with Gasteiger partial charge in [0.05, 0.1) is 17.2 Å². The van der Waals surface area contributed by atoms with Crippen molar-refractivity contribution in [1.29, 1.82) is 0 Å². The Balaban J connectivity index is 1.86. The van der Waals surface area contributed by atoms with Crippen molar-refractivity contribution in [2.75, 3.05) is 26.4 Å². The number of hydrogen-bond acceptors (Lipinski definition) is 6. The molecule has 2 rings (SSSR count). The number of aromatic nitrogens is 1. The van der Waals surface area contributed by atoms with Gasteiger partial charge in [-0.1, -0.05) is 12.1 Å². The minimum Gasteiger partial charge on any atom is -0.490 e. The number of carboxylic acids is 1. The van der Waals surface area contributed by atoms with Crippen molar-refractivity contribution < 1.29 is 24.2 Å². The molecule has 2 aromatic rings. The van der Waals surface area contributed by atoms with Gasteiger partial charge >= 0.3 is 5.97 Å². The molecule has 0 atom stereocenters. The van der Waals surface area contributed by atoms with Crippen LogP contribution < -0.4 is 10.1 Å². The zero-order valence-corrected chi connectivity index (χ0v) is 14.7. The van der Waals surface area contributed by atoms with Gasteiger partial charge in [-0.25, -0.2) is 9.78 Å². The molecule has 0 bridgehead atoms. The number of nitrogens with zero attached hydrogens (tertiary/aromatic N) is 1. The van der Waals surface area contributed by atoms with Crippen molar-refractivity contribution in [2.24, 2.45) is 0 Å². The normalized spacial score (nSPS) is 10.4. The third kappa shape index (κ3) is 5.84. The van der Waals surface area contributed by atoms with Crippen molar-refractivity contribution in [1.82, 2.24) is 10.3 Å². The number of amides is 1. The molecular weight excluding hydrogens is 344 g/mol. The second-order valence-electron chi connectivity index (χ2n) is 4.98. The first kappa shape index (κ1) is 18.9. The Hall–Kier alpha value is -2.45. The van der Waals surface area contributed by atoms with Gasteiger partial charge in [0, 0.05) is 25.0 Å². The Kier molecular flexibility index (Phi) is 7.36. The summed E-state index contributed by atoms with van der Waals surface area (Å²) in [6.45, 7) is 3.71. The monoisotopic (exact) mass is 364 g/mol. The lowest BCUT2D eigenvalue weighted by Gasteiger charge is -2.11. The van der Waals surface area contributed by atoms with E-state index in [-0.39, 0.29) is 11.6 Å². The lowest BCUT2D eigenvalue weighted by atomic mass is 10.2. The lowest BCUT2D eigenvalue weighted by Crippen LogP contribution is -2.26. The Morgan fingerprint density at radius 2 is 2.08 bits per heavy atom. The molecule has 0 radical (unpaired) electrons. The summed E-state index contributed by atoms with van der Waals surface area (Å²) < 4.78 is 10.8. The Labute approximate surface area is 149 Å². The zero-order chi connectivity index (χ0) is 18.1. The molecule has 2 N–H and O–H groups in total. The van der Waals surface area contributed by atoms with E-state index in [1.165, 1.54) is 16.7 Å². The fourth-order valence-electron chi connectivity index (χ4n) is 2.04. The van der Waals surface area contributed by atoms with E-state index in [1.54, 1.807) is 24.3 Å². The van der Waals surface area contributed by atoms with Crippen LogP contribution in [0.2, 0.25) is 0 Å². The first-order valence-corrected chi connectivity index (χ1v) is 8.75. The van der Waals surface area contributed by atoms with Gasteiger partial charge in [0.15, 0.2) is 5.69 Å². The number of benzene rings is 1. The highest BCUT2D eigenvalue weighted by Gasteiger charge is 2.13. The summed E-state index contributed by atoms with van der Waals surface area (Å²) >= 11 is 1.26. The van der Waals surface area contributed by atoms with Crippen LogP contribution in [0.4, 0.5) is 0 Å². The van der Waals surface area contributed by atoms with Crippen LogP contribution in [0, 0.1) is 0 Å². The maximum absolute atomic E-state index is 12.3. The van der Waals surface area contributed by atoms with E-state index in [9.17, 15) is 9.59 Å². The van der Waals surface area contributed by atoms with E-state index >= 15 is 0 Å². The highest BCUT2D eigenvalue weighted by Crippen LogP contribution is 2.18. The fourth-order valence-corrected chi connectivity index (χ4v) is 2.81. The van der Waals surface area contributed by atoms with Gasteiger partial charge in [-0.2, -0.15) is 0 Å². The van der Waals surface area contributed by atoms with E-state index in [4.69, 9.17) is 14.6 Å². The molecular formula is C17H20N2O5S. The van der Waals surface area contributed by atoms with Crippen LogP contribution in [0.3, 0.4) is 0 Å². The standard InChI is InChI=1S/C17H20N2O5S/c1-2-23-9-10-24-14-6-4-3-5-12(14)16(20)18-8-7-15-19-13(11-25-15)17(21)22/h3-6,11H,2,7-10H2,1H3,(H,18,20)(H,21,22). The number of carboxylic acid groups (broad SMARTS) is 1. The van der Waals surface area contributed by atoms with Crippen molar-refractivity contribution in [3.05, 3.63) is 45.9 Å². The highest BCUT2D eigenvalue weighted by atomic mass is 32.1. The zero-order valence-electron chi connectivity index (χ0n) is 13.9. The van der Waals surface area contributed by atoms with Gasteiger partial charge in [0.2, 0.25) is 0 Å². The van der Waals surface area contributed by atoms with Gasteiger partial charge in [0.1, 0.15) is 12.4 Å². The molecule has 1 amide bonds. The molecule has 0 aliphatic carbocycles. The third-order valence-corrected chi connectivity index (χ3v) is 4.12. The third-order valence-electron chi connectivity index (χ3n) is 3.22. The summed E-state index contributed by atoms with van der Waals surface area (Å²) in [6, 6.07) is 7.00. The largest absolute Gasteiger partial charge is 0.490 e. The molecule has 0 unspecified atom stereocenters. The van der Waals surface area contributed by atoms with Gasteiger partial charge in [-0.3, -0.25) is 4.79 Å². The van der Waals surface area contributed by atoms with E-state index in [0.29, 0.717) is 49.1 Å². The smallest absolute Gasteiger partial charge is 0.355 e. The fraction of sp³-hybridized carbons (Fsp3) is 0.353. The van der Waals surface area contributed by atoms with Gasteiger partial charge in [-0.15, -0.1) is 11.3 Å². The van der Waals surface area contributed by atoms with Crippen LogP contribution >= 0.6 is 11.3 Å². The molecule has 0 spiro atoms. The number of hydrogen-bond donors (Lipinski definition) is 2. The van der Waals surface area contributed by atoms with Crippen LogP contribution in [-0.4, -0.2) is 48.3 Å². The van der Waals surface area contributed by atoms with Crippen LogP contribution in [0.15, 0.2) is 29.6 Å². The van der Waals surface area contributed by atoms with Crippen LogP contribution in [0.1, 0.15) is 32.8 Å². The van der Waals surface area contributed by atoms with E-state index in [0.717, 1.165) is 0 Å². The molecule has 1 aromatic carbocycles. The molecule has 1 heterocycles. The van der Waals surface area contributed by atoms with E-state index in [2.05, 4.69) is 10.3 Å². The van der Waals surface area contributed by atoms with Crippen molar-refractivity contribution in [3.63, 3.8) is 0 Å². The highest BCUT2D eigenvalue weighted by molar-refractivity contribution is 7.09. The maximum atomic E-state index is 12.3. The lowest BCUT2D eigenvalue weighted by molar-refractivity contribution is 0.0690. The van der Waals surface area contributed by atoms with Crippen molar-refractivity contribution in [3.8, 4) is 5.75 Å². The first-order valence-electron chi connectivity index (χ1n) is 7.87. The summed E-state index contributed by atoms with van der Waals surface area (Å²) in [7, 11) is 0. The van der Waals surface area contributed by atoms with Crippen LogP contribution in [0.25, 0.3) is 0 Å². The van der Waals surface area contributed by atoms with Gasteiger partial charge in [-0.05, 0) is 19.1 Å². The predicted octanol–water partition coefficient (Wildman–Crippen LogP) is 2.23. The SMILES string of the molecule is CCOCCOc1ccccc1C(=O)NCCc1nc(C(=O)O)cs1. The molecule has 0 aliphatic rings. The first-order chi connectivity index (χ1) is 12.1. The average molecular weight is 364 g/mol. The summed E-state index contributed by atoms with van der Waals surface area (Å²) in [5.74, 6) is -0.797. The van der Waals surface area contributed by atoms with Gasteiger partial charge < -0.3 is 19.9 Å². The number of carbonyl (C=O) groups is 2. The maximum Gasteiger partial charge on any atom is 0.355 e. The topological polar surface area (TPSA) is 97.8 Å². The number of para-hydroxylation sites is 1. The summed E-state index contributed by atoms with van der Waals surface area (Å²) in [6.07, 6.45) is 0.469. The minimum atomic E-state index is -1.05. The molecule has 0 aliphatic heterocycles. The van der Waals surface area contributed by atoms with Crippen LogP contribution in [-0.2, 0) is 11.2 Å². The van der Waals surface area contributed by atoms with Crippen molar-refractivity contribution in [2.45, 2.75) is 13.3 Å². The van der Waals surface area contributed by atoms with Crippen molar-refractivity contribution >= 4 is 23.2 Å². The molecule has 0 saturated carbocycles. The number of nitrogens with one attached hydrogen (secondary N) is 1. The summed E-state index contributed by atoms with van der Waals surface area (Å²) in [4.78, 5) is 27.1. The number of thiazole rings is 1. The van der Waals surface area contributed by atoms with Gasteiger partial charge in [0.25, 0.3) is 5.91 Å². The molecule has 1 aromatic heterocycles. The number of carbonyl (C=O) groups excluding carboxylic acids is 1. The minimum absolute atomic E-state index is 0.0272. The second-order valence-corrected chi connectivity index (χ2v) is 5.92. The summed E-state index contributed by atoms with van der Waals surface area (Å²) in [5.41, 5.74) is 0.476. The molecule has 0 fully saturated rings. The Morgan fingerprint density at radius 3 is 2.80 bits per heavy atom. The number of aromatic carboxylic acids is 1. The molecule has 134 valence electrons. The molecule has 7 nitrogen and oxygen atoms in total. The Bertz CT molecular complexity index is 717.